The first-order chi connectivity index (χ1) is 9.19. The third kappa shape index (κ3) is 4.01. The Morgan fingerprint density at radius 1 is 1.53 bits per heavy atom. The lowest BCUT2D eigenvalue weighted by atomic mass is 10.2. The Kier molecular flexibility index (Phi) is 4.87. The molecule has 1 saturated heterocycles. The van der Waals surface area contributed by atoms with E-state index in [1.807, 2.05) is 25.1 Å². The lowest BCUT2D eigenvalue weighted by molar-refractivity contribution is -0.166. The molecule has 1 aromatic heterocycles. The molecule has 5 nitrogen and oxygen atoms in total. The van der Waals surface area contributed by atoms with Crippen LogP contribution in [0.3, 0.4) is 0 Å². The minimum absolute atomic E-state index is 0.0431. The van der Waals surface area contributed by atoms with Gasteiger partial charge in [0.1, 0.15) is 0 Å². The molecular formula is C14H20N2O3. The smallest absolute Gasteiger partial charge is 0.336 e. The number of carbonyl (C=O) groups is 1. The molecule has 1 aromatic rings. The van der Waals surface area contributed by atoms with Gasteiger partial charge in [-0.1, -0.05) is 6.07 Å². The Labute approximate surface area is 113 Å². The molecule has 2 atom stereocenters. The summed E-state index contributed by atoms with van der Waals surface area (Å²) in [4.78, 5) is 18.1. The SMILES string of the molecule is COC(=O)C1CN(CCc2ccccn2)C[C@@H](C)O1. The Morgan fingerprint density at radius 3 is 3.05 bits per heavy atom. The summed E-state index contributed by atoms with van der Waals surface area (Å²) in [6, 6.07) is 5.91. The molecule has 0 amide bonds. The van der Waals surface area contributed by atoms with Gasteiger partial charge in [0, 0.05) is 37.9 Å². The molecule has 5 heteroatoms. The maximum atomic E-state index is 11.5. The second-order valence-electron chi connectivity index (χ2n) is 4.79. The summed E-state index contributed by atoms with van der Waals surface area (Å²) < 4.78 is 10.3. The summed E-state index contributed by atoms with van der Waals surface area (Å²) >= 11 is 0. The number of aromatic nitrogens is 1. The maximum Gasteiger partial charge on any atom is 0.336 e. The van der Waals surface area contributed by atoms with Crippen LogP contribution >= 0.6 is 0 Å². The van der Waals surface area contributed by atoms with Gasteiger partial charge in [-0.05, 0) is 19.1 Å². The van der Waals surface area contributed by atoms with Crippen molar-refractivity contribution in [3.8, 4) is 0 Å². The standard InChI is InChI=1S/C14H20N2O3/c1-11-9-16(10-13(19-11)14(17)18-2)8-6-12-5-3-4-7-15-12/h3-5,7,11,13H,6,8-10H2,1-2H3/t11-,13?/m1/s1. The molecule has 0 spiro atoms. The second-order valence-corrected chi connectivity index (χ2v) is 4.79. The Balaban J connectivity index is 1.87. The lowest BCUT2D eigenvalue weighted by Crippen LogP contribution is -2.50. The number of rotatable bonds is 4. The molecule has 0 saturated carbocycles. The van der Waals surface area contributed by atoms with Gasteiger partial charge >= 0.3 is 5.97 Å². The Hall–Kier alpha value is -1.46. The van der Waals surface area contributed by atoms with Crippen LogP contribution in [0.15, 0.2) is 24.4 Å². The summed E-state index contributed by atoms with van der Waals surface area (Å²) in [5.41, 5.74) is 1.07. The molecule has 0 aliphatic carbocycles. The molecule has 104 valence electrons. The number of hydrogen-bond donors (Lipinski definition) is 0. The molecule has 1 fully saturated rings. The maximum absolute atomic E-state index is 11.5. The summed E-state index contributed by atoms with van der Waals surface area (Å²) in [6.45, 7) is 4.27. The fourth-order valence-electron chi connectivity index (χ4n) is 2.30. The van der Waals surface area contributed by atoms with Crippen molar-refractivity contribution in [1.82, 2.24) is 9.88 Å². The fourth-order valence-corrected chi connectivity index (χ4v) is 2.30. The van der Waals surface area contributed by atoms with Crippen molar-refractivity contribution >= 4 is 5.97 Å². The molecule has 0 radical (unpaired) electrons. The molecule has 0 bridgehead atoms. The van der Waals surface area contributed by atoms with Gasteiger partial charge in [-0.3, -0.25) is 9.88 Å². The predicted octanol–water partition coefficient (Wildman–Crippen LogP) is 0.886. The molecular weight excluding hydrogens is 244 g/mol. The molecule has 19 heavy (non-hydrogen) atoms. The molecule has 1 unspecified atom stereocenters. The average Bonchev–Trinajstić information content (AvgIpc) is 2.45. The average molecular weight is 264 g/mol. The van der Waals surface area contributed by atoms with Gasteiger partial charge in [0.25, 0.3) is 0 Å². The highest BCUT2D eigenvalue weighted by atomic mass is 16.6. The van der Waals surface area contributed by atoms with E-state index in [1.54, 1.807) is 6.20 Å². The topological polar surface area (TPSA) is 51.7 Å². The van der Waals surface area contributed by atoms with Crippen molar-refractivity contribution in [3.63, 3.8) is 0 Å². The Bertz CT molecular complexity index is 410. The van der Waals surface area contributed by atoms with Crippen molar-refractivity contribution in [3.05, 3.63) is 30.1 Å². The van der Waals surface area contributed by atoms with Crippen LogP contribution in [-0.2, 0) is 20.7 Å². The second kappa shape index (κ2) is 6.63. The van der Waals surface area contributed by atoms with Gasteiger partial charge in [0.2, 0.25) is 0 Å². The van der Waals surface area contributed by atoms with Crippen molar-refractivity contribution in [2.24, 2.45) is 0 Å². The molecule has 0 aromatic carbocycles. The van der Waals surface area contributed by atoms with Crippen LogP contribution in [0.2, 0.25) is 0 Å². The van der Waals surface area contributed by atoms with Gasteiger partial charge in [0.15, 0.2) is 6.10 Å². The van der Waals surface area contributed by atoms with Gasteiger partial charge in [-0.25, -0.2) is 4.79 Å². The minimum Gasteiger partial charge on any atom is -0.467 e. The monoisotopic (exact) mass is 264 g/mol. The van der Waals surface area contributed by atoms with E-state index in [4.69, 9.17) is 9.47 Å². The largest absolute Gasteiger partial charge is 0.467 e. The Morgan fingerprint density at radius 2 is 2.37 bits per heavy atom. The van der Waals surface area contributed by atoms with Gasteiger partial charge < -0.3 is 9.47 Å². The van der Waals surface area contributed by atoms with Gasteiger partial charge in [-0.15, -0.1) is 0 Å². The van der Waals surface area contributed by atoms with Crippen molar-refractivity contribution in [1.29, 1.82) is 0 Å². The molecule has 1 aliphatic heterocycles. The highest BCUT2D eigenvalue weighted by Crippen LogP contribution is 2.12. The van der Waals surface area contributed by atoms with E-state index in [2.05, 4.69) is 9.88 Å². The normalized spacial score (nSPS) is 24.1. The van der Waals surface area contributed by atoms with E-state index in [9.17, 15) is 4.79 Å². The highest BCUT2D eigenvalue weighted by Gasteiger charge is 2.30. The van der Waals surface area contributed by atoms with E-state index in [1.165, 1.54) is 7.11 Å². The van der Waals surface area contributed by atoms with Crippen LogP contribution in [-0.4, -0.2) is 54.8 Å². The fraction of sp³-hybridized carbons (Fsp3) is 0.571. The minimum atomic E-state index is -0.475. The number of nitrogens with zero attached hydrogens (tertiary/aromatic N) is 2. The van der Waals surface area contributed by atoms with E-state index in [0.29, 0.717) is 6.54 Å². The number of morpholine rings is 1. The van der Waals surface area contributed by atoms with Crippen LogP contribution in [0.25, 0.3) is 0 Å². The number of pyridine rings is 1. The summed E-state index contributed by atoms with van der Waals surface area (Å²) in [7, 11) is 1.39. The first kappa shape index (κ1) is 14.0. The highest BCUT2D eigenvalue weighted by molar-refractivity contribution is 5.74. The zero-order valence-corrected chi connectivity index (χ0v) is 11.4. The predicted molar refractivity (Wildman–Crippen MR) is 70.7 cm³/mol. The van der Waals surface area contributed by atoms with E-state index in [-0.39, 0.29) is 12.1 Å². The number of ether oxygens (including phenoxy) is 2. The van der Waals surface area contributed by atoms with Crippen LogP contribution in [0.5, 0.6) is 0 Å². The first-order valence-corrected chi connectivity index (χ1v) is 6.54. The molecule has 2 heterocycles. The number of hydrogen-bond acceptors (Lipinski definition) is 5. The van der Waals surface area contributed by atoms with Crippen LogP contribution in [0.4, 0.5) is 0 Å². The third-order valence-electron chi connectivity index (χ3n) is 3.21. The van der Waals surface area contributed by atoms with E-state index >= 15 is 0 Å². The quantitative estimate of drug-likeness (QED) is 0.756. The number of methoxy groups -OCH3 is 1. The first-order valence-electron chi connectivity index (χ1n) is 6.54. The number of esters is 1. The lowest BCUT2D eigenvalue weighted by Gasteiger charge is -2.35. The molecule has 2 rings (SSSR count). The van der Waals surface area contributed by atoms with Crippen LogP contribution in [0, 0.1) is 0 Å². The van der Waals surface area contributed by atoms with Crippen LogP contribution < -0.4 is 0 Å². The number of carbonyl (C=O) groups excluding carboxylic acids is 1. The molecule has 0 N–H and O–H groups in total. The zero-order chi connectivity index (χ0) is 13.7. The molecule has 1 aliphatic rings. The van der Waals surface area contributed by atoms with E-state index in [0.717, 1.165) is 25.2 Å². The zero-order valence-electron chi connectivity index (χ0n) is 11.4. The van der Waals surface area contributed by atoms with E-state index < -0.39 is 6.10 Å². The summed E-state index contributed by atoms with van der Waals surface area (Å²) in [5, 5.41) is 0. The van der Waals surface area contributed by atoms with Crippen molar-refractivity contribution in [2.75, 3.05) is 26.7 Å². The van der Waals surface area contributed by atoms with Gasteiger partial charge in [0.05, 0.1) is 13.2 Å². The third-order valence-corrected chi connectivity index (χ3v) is 3.21. The summed E-state index contributed by atoms with van der Waals surface area (Å²) in [5.74, 6) is -0.297. The van der Waals surface area contributed by atoms with Crippen molar-refractivity contribution < 1.29 is 14.3 Å². The summed E-state index contributed by atoms with van der Waals surface area (Å²) in [6.07, 6.45) is 2.25. The van der Waals surface area contributed by atoms with Crippen molar-refractivity contribution in [2.45, 2.75) is 25.6 Å². The van der Waals surface area contributed by atoms with Gasteiger partial charge in [-0.2, -0.15) is 0 Å². The van der Waals surface area contributed by atoms with Crippen LogP contribution in [0.1, 0.15) is 12.6 Å².